The molecule has 2 N–H and O–H groups in total. The average molecular weight is 506 g/mol. The summed E-state index contributed by atoms with van der Waals surface area (Å²) in [5.74, 6) is -0.0903. The molecule has 1 fully saturated rings. The van der Waals surface area contributed by atoms with Crippen molar-refractivity contribution < 1.29 is 9.53 Å². The number of aromatic nitrogens is 2. The molecule has 178 valence electrons. The molecule has 0 saturated heterocycles. The molecule has 3 aromatic carbocycles. The number of aromatic amines is 1. The summed E-state index contributed by atoms with van der Waals surface area (Å²) in [6, 6.07) is 24.8. The van der Waals surface area contributed by atoms with E-state index in [1.807, 2.05) is 54.6 Å². The topological polar surface area (TPSA) is 67.0 Å². The number of H-pyrrole nitrogens is 1. The third-order valence-electron chi connectivity index (χ3n) is 6.32. The molecule has 5 rings (SSSR count). The van der Waals surface area contributed by atoms with Crippen LogP contribution in [0.25, 0.3) is 22.5 Å². The molecule has 1 aromatic heterocycles. The standard InChI is InChI=1S/C28H25Cl2N3O2/c29-21-13-14-22(23(30)15-21)26-16-25(32-33-26)19-9-11-20(12-10-19)28(34)31-24-7-4-8-27(24)35-17-18-5-2-1-3-6-18/h1-3,5-6,9-16,24,27H,4,7-8,17H2,(H,31,34)(H,32,33)/t24-,27-/m0/s1. The van der Waals surface area contributed by atoms with Gasteiger partial charge in [-0.3, -0.25) is 9.89 Å². The summed E-state index contributed by atoms with van der Waals surface area (Å²) >= 11 is 12.3. The number of carbonyl (C=O) groups is 1. The van der Waals surface area contributed by atoms with Crippen molar-refractivity contribution in [1.82, 2.24) is 15.5 Å². The van der Waals surface area contributed by atoms with Gasteiger partial charge < -0.3 is 10.1 Å². The fourth-order valence-corrected chi connectivity index (χ4v) is 4.94. The number of benzene rings is 3. The Labute approximate surface area is 214 Å². The van der Waals surface area contributed by atoms with Gasteiger partial charge in [-0.05, 0) is 61.2 Å². The molecular formula is C28H25Cl2N3O2. The highest BCUT2D eigenvalue weighted by atomic mass is 35.5. The first-order valence-electron chi connectivity index (χ1n) is 11.6. The third-order valence-corrected chi connectivity index (χ3v) is 6.87. The number of nitrogens with one attached hydrogen (secondary N) is 2. The van der Waals surface area contributed by atoms with E-state index in [1.54, 1.807) is 12.1 Å². The van der Waals surface area contributed by atoms with Crippen molar-refractivity contribution in [3.8, 4) is 22.5 Å². The second-order valence-electron chi connectivity index (χ2n) is 8.71. The fourth-order valence-electron chi connectivity index (χ4n) is 4.43. The molecule has 1 amide bonds. The fraction of sp³-hybridized carbons (Fsp3) is 0.214. The van der Waals surface area contributed by atoms with Gasteiger partial charge in [0.15, 0.2) is 0 Å². The molecule has 5 nitrogen and oxygen atoms in total. The van der Waals surface area contributed by atoms with Gasteiger partial charge in [0.1, 0.15) is 0 Å². The minimum atomic E-state index is -0.0903. The Kier molecular flexibility index (Phi) is 7.19. The van der Waals surface area contributed by atoms with Gasteiger partial charge in [0.05, 0.1) is 35.2 Å². The van der Waals surface area contributed by atoms with Gasteiger partial charge in [0.25, 0.3) is 5.91 Å². The molecule has 2 atom stereocenters. The Morgan fingerprint density at radius 2 is 1.80 bits per heavy atom. The largest absolute Gasteiger partial charge is 0.371 e. The lowest BCUT2D eigenvalue weighted by molar-refractivity contribution is 0.0272. The highest BCUT2D eigenvalue weighted by Gasteiger charge is 2.29. The summed E-state index contributed by atoms with van der Waals surface area (Å²) in [7, 11) is 0. The van der Waals surface area contributed by atoms with Crippen LogP contribution in [0.2, 0.25) is 10.0 Å². The van der Waals surface area contributed by atoms with E-state index in [2.05, 4.69) is 27.6 Å². The van der Waals surface area contributed by atoms with Crippen molar-refractivity contribution >= 4 is 29.1 Å². The van der Waals surface area contributed by atoms with Crippen molar-refractivity contribution in [3.05, 3.63) is 100 Å². The first kappa shape index (κ1) is 23.6. The number of hydrogen-bond donors (Lipinski definition) is 2. The molecular weight excluding hydrogens is 481 g/mol. The first-order chi connectivity index (χ1) is 17.1. The molecule has 0 spiro atoms. The van der Waals surface area contributed by atoms with Gasteiger partial charge >= 0.3 is 0 Å². The predicted molar refractivity (Wildman–Crippen MR) is 140 cm³/mol. The van der Waals surface area contributed by atoms with Crippen LogP contribution < -0.4 is 5.32 Å². The lowest BCUT2D eigenvalue weighted by Crippen LogP contribution is -2.41. The second-order valence-corrected chi connectivity index (χ2v) is 9.56. The molecule has 35 heavy (non-hydrogen) atoms. The smallest absolute Gasteiger partial charge is 0.251 e. The van der Waals surface area contributed by atoms with Crippen molar-refractivity contribution in [2.24, 2.45) is 0 Å². The Morgan fingerprint density at radius 1 is 1.00 bits per heavy atom. The van der Waals surface area contributed by atoms with Gasteiger partial charge in [-0.15, -0.1) is 0 Å². The van der Waals surface area contributed by atoms with Crippen LogP contribution in [0.3, 0.4) is 0 Å². The Morgan fingerprint density at radius 3 is 2.57 bits per heavy atom. The third kappa shape index (κ3) is 5.59. The van der Waals surface area contributed by atoms with Gasteiger partial charge in [-0.25, -0.2) is 0 Å². The highest BCUT2D eigenvalue weighted by molar-refractivity contribution is 6.36. The summed E-state index contributed by atoms with van der Waals surface area (Å²) in [5, 5.41) is 11.7. The van der Waals surface area contributed by atoms with Gasteiger partial charge in [0, 0.05) is 21.7 Å². The van der Waals surface area contributed by atoms with Crippen molar-refractivity contribution in [2.45, 2.75) is 38.0 Å². The van der Waals surface area contributed by atoms with Gasteiger partial charge in [0.2, 0.25) is 0 Å². The zero-order chi connectivity index (χ0) is 24.2. The summed E-state index contributed by atoms with van der Waals surface area (Å²) in [6.07, 6.45) is 2.95. The van der Waals surface area contributed by atoms with E-state index >= 15 is 0 Å². The van der Waals surface area contributed by atoms with Crippen LogP contribution in [0.4, 0.5) is 0 Å². The van der Waals surface area contributed by atoms with Crippen LogP contribution in [0.1, 0.15) is 35.2 Å². The monoisotopic (exact) mass is 505 g/mol. The van der Waals surface area contributed by atoms with E-state index in [9.17, 15) is 4.79 Å². The Bertz CT molecular complexity index is 1310. The molecule has 1 saturated carbocycles. The summed E-state index contributed by atoms with van der Waals surface area (Å²) < 4.78 is 6.13. The molecule has 0 unspecified atom stereocenters. The number of carbonyl (C=O) groups excluding carboxylic acids is 1. The Hall–Kier alpha value is -3.12. The number of rotatable bonds is 7. The van der Waals surface area contributed by atoms with E-state index in [4.69, 9.17) is 27.9 Å². The van der Waals surface area contributed by atoms with Crippen LogP contribution in [0.5, 0.6) is 0 Å². The van der Waals surface area contributed by atoms with Crippen LogP contribution >= 0.6 is 23.2 Å². The molecule has 1 aliphatic carbocycles. The maximum Gasteiger partial charge on any atom is 0.251 e. The number of nitrogens with zero attached hydrogens (tertiary/aromatic N) is 1. The lowest BCUT2D eigenvalue weighted by atomic mass is 10.1. The van der Waals surface area contributed by atoms with E-state index in [-0.39, 0.29) is 18.1 Å². The van der Waals surface area contributed by atoms with E-state index in [1.165, 1.54) is 0 Å². The minimum Gasteiger partial charge on any atom is -0.371 e. The number of hydrogen-bond acceptors (Lipinski definition) is 3. The first-order valence-corrected chi connectivity index (χ1v) is 12.4. The molecule has 4 aromatic rings. The van der Waals surface area contributed by atoms with Crippen molar-refractivity contribution in [2.75, 3.05) is 0 Å². The van der Waals surface area contributed by atoms with Crippen LogP contribution in [-0.4, -0.2) is 28.3 Å². The normalized spacial score (nSPS) is 17.4. The zero-order valence-electron chi connectivity index (χ0n) is 19.0. The van der Waals surface area contributed by atoms with Crippen LogP contribution in [-0.2, 0) is 11.3 Å². The van der Waals surface area contributed by atoms with Crippen molar-refractivity contribution in [3.63, 3.8) is 0 Å². The maximum atomic E-state index is 12.9. The zero-order valence-corrected chi connectivity index (χ0v) is 20.5. The molecule has 0 bridgehead atoms. The SMILES string of the molecule is O=C(N[C@H]1CCC[C@@H]1OCc1ccccc1)c1ccc(-c2cc(-c3ccc(Cl)cc3Cl)[nH]n2)cc1. The average Bonchev–Trinajstić information content (AvgIpc) is 3.53. The quantitative estimate of drug-likeness (QED) is 0.286. The Balaban J connectivity index is 1.22. The molecule has 0 radical (unpaired) electrons. The van der Waals surface area contributed by atoms with Crippen LogP contribution in [0, 0.1) is 0 Å². The van der Waals surface area contributed by atoms with E-state index in [0.717, 1.165) is 47.3 Å². The number of halogens is 2. The van der Waals surface area contributed by atoms with Crippen molar-refractivity contribution in [1.29, 1.82) is 0 Å². The predicted octanol–water partition coefficient (Wildman–Crippen LogP) is 6.92. The molecule has 1 heterocycles. The van der Waals surface area contributed by atoms with Gasteiger partial charge in [-0.2, -0.15) is 5.10 Å². The van der Waals surface area contributed by atoms with Crippen LogP contribution in [0.15, 0.2) is 78.9 Å². The molecule has 1 aliphatic rings. The summed E-state index contributed by atoms with van der Waals surface area (Å²) in [6.45, 7) is 0.555. The molecule has 0 aliphatic heterocycles. The number of amides is 1. The lowest BCUT2D eigenvalue weighted by Gasteiger charge is -2.21. The maximum absolute atomic E-state index is 12.9. The van der Waals surface area contributed by atoms with Gasteiger partial charge in [-0.1, -0.05) is 65.7 Å². The minimum absolute atomic E-state index is 0.0175. The van der Waals surface area contributed by atoms with E-state index < -0.39 is 0 Å². The molecule has 7 heteroatoms. The highest BCUT2D eigenvalue weighted by Crippen LogP contribution is 2.31. The summed E-state index contributed by atoms with van der Waals surface area (Å²) in [4.78, 5) is 12.9. The number of ether oxygens (including phenoxy) is 1. The summed E-state index contributed by atoms with van der Waals surface area (Å²) in [5.41, 5.74) is 5.04. The van der Waals surface area contributed by atoms with E-state index in [0.29, 0.717) is 22.2 Å². The second kappa shape index (κ2) is 10.6.